The van der Waals surface area contributed by atoms with E-state index in [2.05, 4.69) is 27.0 Å². The van der Waals surface area contributed by atoms with Gasteiger partial charge in [-0.25, -0.2) is 0 Å². The lowest BCUT2D eigenvalue weighted by molar-refractivity contribution is -0.142. The second-order valence-electron chi connectivity index (χ2n) is 11.7. The molecule has 3 aliphatic heterocycles. The Bertz CT molecular complexity index is 1100. The maximum atomic E-state index is 14.5. The summed E-state index contributed by atoms with van der Waals surface area (Å²) in [4.78, 5) is 48.8. The minimum Gasteiger partial charge on any atom is -0.396 e. The fraction of sp³-hybridized carbons (Fsp3) is 0.606. The lowest BCUT2D eigenvalue weighted by atomic mass is 9.65. The van der Waals surface area contributed by atoms with E-state index in [9.17, 15) is 19.5 Å². The molecule has 1 aromatic rings. The van der Waals surface area contributed by atoms with Gasteiger partial charge in [-0.3, -0.25) is 14.4 Å². The Hall–Kier alpha value is -2.58. The first-order valence-electron chi connectivity index (χ1n) is 15.3. The summed E-state index contributed by atoms with van der Waals surface area (Å²) in [6, 6.07) is 8.97. The zero-order valence-electron chi connectivity index (χ0n) is 24.7. The SMILES string of the molecule is C=CCN(CCCCC)C(=O)C1N(CCCCCO)C(=O)[C@@H]2[C@@H](C(=O)N(CC=C)c3ccccc3)[C@H]3CC(C)C12S3. The van der Waals surface area contributed by atoms with Crippen LogP contribution in [0.1, 0.15) is 58.8 Å². The summed E-state index contributed by atoms with van der Waals surface area (Å²) in [5.41, 5.74) is 0.791. The molecule has 0 aliphatic carbocycles. The highest BCUT2D eigenvalue weighted by atomic mass is 32.2. The molecule has 0 aromatic heterocycles. The molecule has 1 spiro atoms. The van der Waals surface area contributed by atoms with E-state index in [1.54, 1.807) is 28.8 Å². The number of thioether (sulfide) groups is 1. The van der Waals surface area contributed by atoms with E-state index < -0.39 is 22.6 Å². The van der Waals surface area contributed by atoms with Gasteiger partial charge >= 0.3 is 0 Å². The monoisotopic (exact) mass is 581 g/mol. The lowest BCUT2D eigenvalue weighted by Crippen LogP contribution is -2.57. The topological polar surface area (TPSA) is 81.2 Å². The van der Waals surface area contributed by atoms with E-state index in [-0.39, 0.29) is 35.5 Å². The third-order valence-corrected chi connectivity index (χ3v) is 11.2. The smallest absolute Gasteiger partial charge is 0.247 e. The van der Waals surface area contributed by atoms with Crippen molar-refractivity contribution in [1.29, 1.82) is 0 Å². The van der Waals surface area contributed by atoms with E-state index in [1.165, 1.54) is 0 Å². The van der Waals surface area contributed by atoms with Crippen LogP contribution in [0.25, 0.3) is 0 Å². The van der Waals surface area contributed by atoms with Crippen LogP contribution < -0.4 is 4.90 Å². The lowest BCUT2D eigenvalue weighted by Gasteiger charge is -2.41. The summed E-state index contributed by atoms with van der Waals surface area (Å²) in [6.07, 6.45) is 9.45. The molecule has 3 fully saturated rings. The fourth-order valence-electron chi connectivity index (χ4n) is 7.30. The molecule has 8 heteroatoms. The van der Waals surface area contributed by atoms with Gasteiger partial charge in [-0.05, 0) is 50.2 Å². The van der Waals surface area contributed by atoms with Crippen molar-refractivity contribution in [2.45, 2.75) is 74.8 Å². The average molecular weight is 582 g/mol. The number of likely N-dealkylation sites (tertiary alicyclic amines) is 1. The molecule has 3 amide bonds. The number of fused-ring (bicyclic) bond motifs is 1. The number of amides is 3. The van der Waals surface area contributed by atoms with Crippen molar-refractivity contribution in [3.63, 3.8) is 0 Å². The van der Waals surface area contributed by atoms with Crippen LogP contribution in [-0.2, 0) is 14.4 Å². The summed E-state index contributed by atoms with van der Waals surface area (Å²) in [7, 11) is 0. The Morgan fingerprint density at radius 1 is 1.07 bits per heavy atom. The molecule has 2 bridgehead atoms. The molecule has 1 aromatic carbocycles. The van der Waals surface area contributed by atoms with Gasteiger partial charge in [0.15, 0.2) is 0 Å². The van der Waals surface area contributed by atoms with Crippen LogP contribution in [0.2, 0.25) is 0 Å². The number of carbonyl (C=O) groups excluding carboxylic acids is 3. The number of unbranched alkanes of at least 4 members (excludes halogenated alkanes) is 4. The first-order valence-corrected chi connectivity index (χ1v) is 16.2. The van der Waals surface area contributed by atoms with Gasteiger partial charge in [0.25, 0.3) is 0 Å². The summed E-state index contributed by atoms with van der Waals surface area (Å²) >= 11 is 1.73. The third kappa shape index (κ3) is 5.87. The van der Waals surface area contributed by atoms with Crippen LogP contribution in [0.4, 0.5) is 5.69 Å². The summed E-state index contributed by atoms with van der Waals surface area (Å²) < 4.78 is -0.642. The molecule has 41 heavy (non-hydrogen) atoms. The van der Waals surface area contributed by atoms with Crippen LogP contribution in [0.3, 0.4) is 0 Å². The number of hydrogen-bond acceptors (Lipinski definition) is 5. The number of anilines is 1. The maximum absolute atomic E-state index is 14.5. The van der Waals surface area contributed by atoms with Gasteiger partial charge < -0.3 is 19.8 Å². The zero-order valence-corrected chi connectivity index (χ0v) is 25.6. The minimum atomic E-state index is -0.642. The number of benzene rings is 1. The standard InChI is InChI=1S/C33H47N3O4S/c1-5-8-13-20-34(18-6-2)32(40)29-33-24(4)23-26(41-33)27(28(33)31(39)36(29)21-14-10-15-22-37)30(38)35(19-7-3)25-16-11-9-12-17-25/h6-7,9,11-12,16-17,24,26-29,37H,2-3,5,8,10,13-15,18-23H2,1,4H3/t24?,26-,27+,28+,29?,33?/m1/s1. The van der Waals surface area contributed by atoms with E-state index in [0.29, 0.717) is 39.0 Å². The first kappa shape index (κ1) is 31.4. The zero-order chi connectivity index (χ0) is 29.6. The Kier molecular flexibility index (Phi) is 10.8. The van der Waals surface area contributed by atoms with E-state index >= 15 is 0 Å². The van der Waals surface area contributed by atoms with Crippen LogP contribution in [0.15, 0.2) is 55.6 Å². The molecule has 3 saturated heterocycles. The quantitative estimate of drug-likeness (QED) is 0.222. The number of aliphatic hydroxyl groups excluding tert-OH is 1. The molecule has 224 valence electrons. The number of nitrogens with zero attached hydrogens (tertiary/aromatic N) is 3. The van der Waals surface area contributed by atoms with E-state index in [0.717, 1.165) is 37.8 Å². The molecular formula is C33H47N3O4S. The highest BCUT2D eigenvalue weighted by molar-refractivity contribution is 8.02. The number of hydrogen-bond donors (Lipinski definition) is 1. The Morgan fingerprint density at radius 2 is 1.80 bits per heavy atom. The van der Waals surface area contributed by atoms with Gasteiger partial charge in [0, 0.05) is 43.7 Å². The summed E-state index contributed by atoms with van der Waals surface area (Å²) in [5, 5.41) is 9.31. The highest BCUT2D eigenvalue weighted by Crippen LogP contribution is 2.69. The normalized spacial score (nSPS) is 28.0. The summed E-state index contributed by atoms with van der Waals surface area (Å²) in [6.45, 7) is 14.1. The number of para-hydroxylation sites is 1. The highest BCUT2D eigenvalue weighted by Gasteiger charge is 2.76. The molecule has 3 heterocycles. The van der Waals surface area contributed by atoms with Crippen molar-refractivity contribution in [2.24, 2.45) is 17.8 Å². The maximum Gasteiger partial charge on any atom is 0.247 e. The van der Waals surface area contributed by atoms with E-state index in [1.807, 2.05) is 40.1 Å². The second kappa shape index (κ2) is 14.1. The van der Waals surface area contributed by atoms with Gasteiger partial charge in [-0.1, -0.05) is 57.0 Å². The first-order chi connectivity index (χ1) is 19.9. The van der Waals surface area contributed by atoms with Crippen LogP contribution >= 0.6 is 11.8 Å². The fourth-order valence-corrected chi connectivity index (χ4v) is 9.71. The average Bonchev–Trinajstić information content (AvgIpc) is 3.57. The van der Waals surface area contributed by atoms with Crippen LogP contribution in [-0.4, -0.2) is 81.5 Å². The molecule has 0 radical (unpaired) electrons. The van der Waals surface area contributed by atoms with Crippen LogP contribution in [0.5, 0.6) is 0 Å². The Balaban J connectivity index is 1.73. The molecule has 1 N–H and O–H groups in total. The molecule has 7 nitrogen and oxygen atoms in total. The molecule has 6 atom stereocenters. The third-order valence-electron chi connectivity index (χ3n) is 9.16. The Labute approximate surface area is 250 Å². The van der Waals surface area contributed by atoms with Gasteiger partial charge in [0.05, 0.1) is 16.6 Å². The molecule has 4 rings (SSSR count). The predicted octanol–water partition coefficient (Wildman–Crippen LogP) is 4.91. The van der Waals surface area contributed by atoms with Gasteiger partial charge in [0.1, 0.15) is 6.04 Å². The van der Waals surface area contributed by atoms with Gasteiger partial charge in [-0.2, -0.15) is 0 Å². The number of aliphatic hydroxyl groups is 1. The molecular weight excluding hydrogens is 534 g/mol. The van der Waals surface area contributed by atoms with Crippen LogP contribution in [0, 0.1) is 17.8 Å². The van der Waals surface area contributed by atoms with E-state index in [4.69, 9.17) is 0 Å². The van der Waals surface area contributed by atoms with Gasteiger partial charge in [-0.15, -0.1) is 24.9 Å². The number of carbonyl (C=O) groups is 3. The van der Waals surface area contributed by atoms with Crippen molar-refractivity contribution in [1.82, 2.24) is 9.80 Å². The van der Waals surface area contributed by atoms with Crippen molar-refractivity contribution >= 4 is 35.2 Å². The number of rotatable bonds is 16. The van der Waals surface area contributed by atoms with Gasteiger partial charge in [0.2, 0.25) is 17.7 Å². The van der Waals surface area contributed by atoms with Crippen molar-refractivity contribution in [3.8, 4) is 0 Å². The van der Waals surface area contributed by atoms with Crippen molar-refractivity contribution in [2.75, 3.05) is 37.7 Å². The Morgan fingerprint density at radius 3 is 2.46 bits per heavy atom. The largest absolute Gasteiger partial charge is 0.396 e. The van der Waals surface area contributed by atoms with Crippen molar-refractivity contribution in [3.05, 3.63) is 55.6 Å². The summed E-state index contributed by atoms with van der Waals surface area (Å²) in [5.74, 6) is -1.05. The minimum absolute atomic E-state index is 0.0118. The van der Waals surface area contributed by atoms with Crippen molar-refractivity contribution < 1.29 is 19.5 Å². The molecule has 3 aliphatic rings. The molecule has 3 unspecified atom stereocenters. The predicted molar refractivity (Wildman–Crippen MR) is 167 cm³/mol. The molecule has 0 saturated carbocycles. The second-order valence-corrected chi connectivity index (χ2v) is 13.3.